The topological polar surface area (TPSA) is 50.2 Å². The van der Waals surface area contributed by atoms with Gasteiger partial charge in [0.1, 0.15) is 0 Å². The van der Waals surface area contributed by atoms with Gasteiger partial charge >= 0.3 is 0 Å². The third-order valence-electron chi connectivity index (χ3n) is 3.30. The van der Waals surface area contributed by atoms with E-state index in [4.69, 9.17) is 0 Å². The Kier molecular flexibility index (Phi) is 5.54. The normalized spacial score (nSPS) is 12.8. The van der Waals surface area contributed by atoms with Crippen LogP contribution in [0.3, 0.4) is 0 Å². The number of hydrogen-bond donors (Lipinski definition) is 1. The Morgan fingerprint density at radius 1 is 1.47 bits per heavy atom. The fraction of sp³-hybridized carbons (Fsp3) is 0.714. The summed E-state index contributed by atoms with van der Waals surface area (Å²) in [5.41, 5.74) is 2.26. The molecule has 0 aliphatic heterocycles. The number of amides is 1. The number of carbonyl (C=O) groups excluding carboxylic acids is 1. The van der Waals surface area contributed by atoms with Crippen LogP contribution < -0.4 is 5.32 Å². The highest BCUT2D eigenvalue weighted by Gasteiger charge is 2.17. The molecule has 1 amide bonds. The number of hydrogen-bond acceptors (Lipinski definition) is 3. The van der Waals surface area contributed by atoms with Crippen molar-refractivity contribution < 1.29 is 4.79 Å². The summed E-state index contributed by atoms with van der Waals surface area (Å²) >= 11 is 0. The Balaban J connectivity index is 2.64. The molecule has 0 bridgehead atoms. The predicted octanol–water partition coefficient (Wildman–Crippen LogP) is 1.50. The lowest BCUT2D eigenvalue weighted by Gasteiger charge is -2.20. The fourth-order valence-corrected chi connectivity index (χ4v) is 2.01. The molecule has 0 saturated heterocycles. The summed E-state index contributed by atoms with van der Waals surface area (Å²) < 4.78 is 1.83. The van der Waals surface area contributed by atoms with Crippen molar-refractivity contribution >= 4 is 5.91 Å². The van der Waals surface area contributed by atoms with Gasteiger partial charge in [-0.25, -0.2) is 0 Å². The molecular formula is C14H26N4O. The molecule has 0 aromatic carbocycles. The van der Waals surface area contributed by atoms with Crippen LogP contribution in [0.1, 0.15) is 44.9 Å². The number of rotatable bonds is 6. The van der Waals surface area contributed by atoms with Gasteiger partial charge in [-0.3, -0.25) is 9.48 Å². The van der Waals surface area contributed by atoms with Crippen LogP contribution in [-0.4, -0.2) is 40.2 Å². The van der Waals surface area contributed by atoms with Crippen molar-refractivity contribution in [3.8, 4) is 0 Å². The Morgan fingerprint density at radius 3 is 2.63 bits per heavy atom. The lowest BCUT2D eigenvalue weighted by Crippen LogP contribution is -2.42. The molecule has 1 N–H and O–H groups in total. The second-order valence-electron chi connectivity index (χ2n) is 5.32. The van der Waals surface area contributed by atoms with Crippen molar-refractivity contribution in [2.75, 3.05) is 13.6 Å². The largest absolute Gasteiger partial charge is 0.345 e. The van der Waals surface area contributed by atoms with Crippen LogP contribution in [0.4, 0.5) is 0 Å². The number of nitrogens with zero attached hydrogens (tertiary/aromatic N) is 3. The minimum Gasteiger partial charge on any atom is -0.345 e. The summed E-state index contributed by atoms with van der Waals surface area (Å²) in [5, 5.41) is 7.74. The van der Waals surface area contributed by atoms with Crippen LogP contribution in [0.5, 0.6) is 0 Å². The van der Waals surface area contributed by atoms with Crippen molar-refractivity contribution in [3.63, 3.8) is 0 Å². The quantitative estimate of drug-likeness (QED) is 0.849. The Bertz CT molecular complexity index is 425. The maximum atomic E-state index is 12.0. The molecule has 0 aliphatic carbocycles. The first-order chi connectivity index (χ1) is 8.86. The van der Waals surface area contributed by atoms with Crippen molar-refractivity contribution in [1.82, 2.24) is 20.0 Å². The van der Waals surface area contributed by atoms with Crippen LogP contribution >= 0.6 is 0 Å². The van der Waals surface area contributed by atoms with Crippen LogP contribution in [0.2, 0.25) is 0 Å². The molecule has 19 heavy (non-hydrogen) atoms. The van der Waals surface area contributed by atoms with E-state index in [1.807, 2.05) is 38.8 Å². The van der Waals surface area contributed by atoms with E-state index in [0.717, 1.165) is 17.8 Å². The van der Waals surface area contributed by atoms with Crippen molar-refractivity contribution in [2.24, 2.45) is 7.05 Å². The molecule has 5 heteroatoms. The van der Waals surface area contributed by atoms with E-state index in [2.05, 4.69) is 24.3 Å². The SMILES string of the molecule is CCN(C)C(=O)C(C)NCc1cn(C)nc1C(C)C. The van der Waals surface area contributed by atoms with Gasteiger partial charge in [0.25, 0.3) is 0 Å². The minimum absolute atomic E-state index is 0.123. The van der Waals surface area contributed by atoms with Gasteiger partial charge in [0.05, 0.1) is 11.7 Å². The molecule has 0 spiro atoms. The van der Waals surface area contributed by atoms with Gasteiger partial charge in [-0.1, -0.05) is 13.8 Å². The standard InChI is InChI=1S/C14H26N4O/c1-7-17(5)14(19)11(4)15-8-12-9-18(6)16-13(12)10(2)3/h9-11,15H,7-8H2,1-6H3. The van der Waals surface area contributed by atoms with E-state index in [9.17, 15) is 4.79 Å². The Labute approximate surface area is 116 Å². The third-order valence-corrected chi connectivity index (χ3v) is 3.30. The molecule has 0 aliphatic rings. The second kappa shape index (κ2) is 6.70. The number of carbonyl (C=O) groups is 1. The zero-order chi connectivity index (χ0) is 14.6. The average Bonchev–Trinajstić information content (AvgIpc) is 2.75. The van der Waals surface area contributed by atoms with Gasteiger partial charge in [0.2, 0.25) is 5.91 Å². The van der Waals surface area contributed by atoms with Crippen LogP contribution in [-0.2, 0) is 18.4 Å². The molecule has 1 rings (SSSR count). The van der Waals surface area contributed by atoms with E-state index >= 15 is 0 Å². The summed E-state index contributed by atoms with van der Waals surface area (Å²) in [6.07, 6.45) is 2.02. The molecule has 1 heterocycles. The van der Waals surface area contributed by atoms with E-state index in [0.29, 0.717) is 12.5 Å². The van der Waals surface area contributed by atoms with Gasteiger partial charge in [-0.15, -0.1) is 0 Å². The maximum absolute atomic E-state index is 12.0. The van der Waals surface area contributed by atoms with Crippen molar-refractivity contribution in [2.45, 2.75) is 46.2 Å². The summed E-state index contributed by atoms with van der Waals surface area (Å²) in [6, 6.07) is -0.176. The molecule has 108 valence electrons. The highest BCUT2D eigenvalue weighted by atomic mass is 16.2. The zero-order valence-electron chi connectivity index (χ0n) is 12.9. The number of likely N-dealkylation sites (N-methyl/N-ethyl adjacent to an activating group) is 1. The smallest absolute Gasteiger partial charge is 0.239 e. The average molecular weight is 266 g/mol. The predicted molar refractivity (Wildman–Crippen MR) is 76.9 cm³/mol. The van der Waals surface area contributed by atoms with E-state index in [-0.39, 0.29) is 11.9 Å². The minimum atomic E-state index is -0.176. The highest BCUT2D eigenvalue weighted by Crippen LogP contribution is 2.17. The lowest BCUT2D eigenvalue weighted by molar-refractivity contribution is -0.131. The molecule has 0 radical (unpaired) electrons. The Morgan fingerprint density at radius 2 is 2.11 bits per heavy atom. The highest BCUT2D eigenvalue weighted by molar-refractivity contribution is 5.81. The maximum Gasteiger partial charge on any atom is 0.239 e. The first-order valence-corrected chi connectivity index (χ1v) is 6.87. The molecule has 0 saturated carbocycles. The van der Waals surface area contributed by atoms with Crippen LogP contribution in [0.15, 0.2) is 6.20 Å². The summed E-state index contributed by atoms with van der Waals surface area (Å²) in [4.78, 5) is 13.7. The first-order valence-electron chi connectivity index (χ1n) is 6.87. The second-order valence-corrected chi connectivity index (χ2v) is 5.32. The fourth-order valence-electron chi connectivity index (χ4n) is 2.01. The molecule has 1 aromatic heterocycles. The first kappa shape index (κ1) is 15.7. The molecule has 1 unspecified atom stereocenters. The zero-order valence-corrected chi connectivity index (χ0v) is 12.9. The van der Waals surface area contributed by atoms with E-state index in [1.54, 1.807) is 4.90 Å². The van der Waals surface area contributed by atoms with Gasteiger partial charge in [0, 0.05) is 38.9 Å². The van der Waals surface area contributed by atoms with Gasteiger partial charge in [-0.2, -0.15) is 5.10 Å². The van der Waals surface area contributed by atoms with Gasteiger partial charge < -0.3 is 10.2 Å². The molecular weight excluding hydrogens is 240 g/mol. The lowest BCUT2D eigenvalue weighted by atomic mass is 10.1. The van der Waals surface area contributed by atoms with E-state index in [1.165, 1.54) is 0 Å². The molecule has 1 atom stereocenters. The van der Waals surface area contributed by atoms with Gasteiger partial charge in [-0.05, 0) is 19.8 Å². The Hall–Kier alpha value is -1.36. The summed E-state index contributed by atoms with van der Waals surface area (Å²) in [7, 11) is 3.75. The van der Waals surface area contributed by atoms with E-state index < -0.39 is 0 Å². The monoisotopic (exact) mass is 266 g/mol. The number of aromatic nitrogens is 2. The van der Waals surface area contributed by atoms with Crippen molar-refractivity contribution in [3.05, 3.63) is 17.5 Å². The summed E-state index contributed by atoms with van der Waals surface area (Å²) in [5.74, 6) is 0.514. The molecule has 0 fully saturated rings. The van der Waals surface area contributed by atoms with Crippen LogP contribution in [0, 0.1) is 0 Å². The molecule has 1 aromatic rings. The molecule has 5 nitrogen and oxygen atoms in total. The summed E-state index contributed by atoms with van der Waals surface area (Å²) in [6.45, 7) is 9.54. The number of aryl methyl sites for hydroxylation is 1. The van der Waals surface area contributed by atoms with Gasteiger partial charge in [0.15, 0.2) is 0 Å². The van der Waals surface area contributed by atoms with Crippen molar-refractivity contribution in [1.29, 1.82) is 0 Å². The third kappa shape index (κ3) is 4.06. The van der Waals surface area contributed by atoms with Crippen LogP contribution in [0.25, 0.3) is 0 Å². The number of nitrogens with one attached hydrogen (secondary N) is 1.